The third-order valence-electron chi connectivity index (χ3n) is 4.79. The summed E-state index contributed by atoms with van der Waals surface area (Å²) in [6.07, 6.45) is 6.09. The molecule has 2 atom stereocenters. The molecule has 3 heterocycles. The van der Waals surface area contributed by atoms with Crippen molar-refractivity contribution in [3.63, 3.8) is 0 Å². The molecule has 0 saturated heterocycles. The van der Waals surface area contributed by atoms with Crippen LogP contribution in [0.2, 0.25) is 0 Å². The van der Waals surface area contributed by atoms with Crippen molar-refractivity contribution in [3.8, 4) is 0 Å². The Kier molecular flexibility index (Phi) is 4.73. The first-order chi connectivity index (χ1) is 13.1. The largest absolute Gasteiger partial charge is 0.387 e. The van der Waals surface area contributed by atoms with Crippen molar-refractivity contribution in [2.75, 3.05) is 0 Å². The minimum Gasteiger partial charge on any atom is -0.387 e. The molecule has 0 radical (unpaired) electrons. The average Bonchev–Trinajstić information content (AvgIpc) is 2.71. The zero-order chi connectivity index (χ0) is 18.9. The number of aliphatic hydroxyl groups excluding tert-OH is 1. The molecular weight excluding hydrogens is 362 g/mol. The molecule has 0 saturated carbocycles. The van der Waals surface area contributed by atoms with Crippen LogP contribution in [0.15, 0.2) is 78.2 Å². The van der Waals surface area contributed by atoms with Gasteiger partial charge in [0.15, 0.2) is 0 Å². The maximum Gasteiger partial charge on any atom is 0.244 e. The Morgan fingerprint density at radius 3 is 2.26 bits per heavy atom. The van der Waals surface area contributed by atoms with Gasteiger partial charge in [-0.3, -0.25) is 9.97 Å². The number of hydrogen-bond donors (Lipinski definition) is 1. The van der Waals surface area contributed by atoms with E-state index in [-0.39, 0.29) is 11.4 Å². The van der Waals surface area contributed by atoms with Crippen molar-refractivity contribution in [2.24, 2.45) is 0 Å². The number of sulfonamides is 1. The molecule has 1 N–H and O–H groups in total. The topological polar surface area (TPSA) is 83.4 Å². The van der Waals surface area contributed by atoms with Gasteiger partial charge in [-0.1, -0.05) is 30.3 Å². The molecule has 0 spiro atoms. The molecule has 27 heavy (non-hydrogen) atoms. The second kappa shape index (κ2) is 7.19. The van der Waals surface area contributed by atoms with E-state index in [0.717, 1.165) is 11.1 Å². The van der Waals surface area contributed by atoms with Crippen LogP contribution < -0.4 is 0 Å². The van der Waals surface area contributed by atoms with Gasteiger partial charge < -0.3 is 5.11 Å². The molecule has 0 fully saturated rings. The summed E-state index contributed by atoms with van der Waals surface area (Å²) in [6.45, 7) is 0.145. The van der Waals surface area contributed by atoms with Crippen LogP contribution in [0.4, 0.5) is 0 Å². The summed E-state index contributed by atoms with van der Waals surface area (Å²) in [5.74, 6) is 0. The first kappa shape index (κ1) is 17.8. The van der Waals surface area contributed by atoms with Crippen molar-refractivity contribution in [2.45, 2.75) is 30.0 Å². The Hall–Kier alpha value is -2.61. The van der Waals surface area contributed by atoms with Gasteiger partial charge in [0.2, 0.25) is 10.0 Å². The fourth-order valence-electron chi connectivity index (χ4n) is 3.48. The molecule has 7 heteroatoms. The van der Waals surface area contributed by atoms with Crippen molar-refractivity contribution in [1.29, 1.82) is 0 Å². The molecule has 0 amide bonds. The van der Waals surface area contributed by atoms with Gasteiger partial charge in [0.05, 0.1) is 17.0 Å². The number of rotatable bonds is 4. The molecule has 138 valence electrons. The van der Waals surface area contributed by atoms with Gasteiger partial charge in [-0.15, -0.1) is 0 Å². The molecule has 6 nitrogen and oxygen atoms in total. The second-order valence-electron chi connectivity index (χ2n) is 6.53. The maximum atomic E-state index is 13.3. The summed E-state index contributed by atoms with van der Waals surface area (Å²) in [5, 5.41) is 11.0. The van der Waals surface area contributed by atoms with E-state index >= 15 is 0 Å². The monoisotopic (exact) mass is 381 g/mol. The van der Waals surface area contributed by atoms with Crippen LogP contribution in [0.25, 0.3) is 0 Å². The number of aromatic nitrogens is 2. The standard InChI is InChI=1S/C20H19N3O3S/c24-20-17-7-1-2-8-19(17)27(25,26)23(14-16-6-4-10-22-13-16)18(20)11-15-5-3-9-21-12-15/h1-10,12-13,18,20,24H,11,14H2/t18-,20-/m0/s1. The lowest BCUT2D eigenvalue weighted by Crippen LogP contribution is -2.48. The summed E-state index contributed by atoms with van der Waals surface area (Å²) in [5.41, 5.74) is 2.07. The van der Waals surface area contributed by atoms with E-state index in [0.29, 0.717) is 12.0 Å². The van der Waals surface area contributed by atoms with Crippen LogP contribution in [0, 0.1) is 0 Å². The minimum absolute atomic E-state index is 0.145. The van der Waals surface area contributed by atoms with E-state index in [2.05, 4.69) is 9.97 Å². The predicted octanol–water partition coefficient (Wildman–Crippen LogP) is 2.33. The molecule has 1 aliphatic rings. The van der Waals surface area contributed by atoms with Crippen molar-refractivity contribution < 1.29 is 13.5 Å². The SMILES string of the molecule is O=S1(=O)c2ccccc2[C@H](O)[C@H](Cc2cccnc2)N1Cc1cccnc1. The number of aliphatic hydroxyl groups is 1. The minimum atomic E-state index is -3.76. The molecule has 2 aromatic heterocycles. The average molecular weight is 381 g/mol. The van der Waals surface area contributed by atoms with Crippen LogP contribution in [0.1, 0.15) is 22.8 Å². The lowest BCUT2D eigenvalue weighted by molar-refractivity contribution is 0.0769. The van der Waals surface area contributed by atoms with Gasteiger partial charge in [-0.2, -0.15) is 4.31 Å². The number of fused-ring (bicyclic) bond motifs is 1. The normalized spacial score (nSPS) is 21.5. The lowest BCUT2D eigenvalue weighted by atomic mass is 9.96. The first-order valence-corrected chi connectivity index (χ1v) is 10.1. The van der Waals surface area contributed by atoms with E-state index < -0.39 is 22.2 Å². The smallest absolute Gasteiger partial charge is 0.244 e. The molecule has 3 aromatic rings. The molecule has 4 rings (SSSR count). The highest BCUT2D eigenvalue weighted by atomic mass is 32.2. The summed E-state index contributed by atoms with van der Waals surface area (Å²) in [6, 6.07) is 13.3. The summed E-state index contributed by atoms with van der Waals surface area (Å²) < 4.78 is 28.0. The van der Waals surface area contributed by atoms with Crippen molar-refractivity contribution in [1.82, 2.24) is 14.3 Å². The summed E-state index contributed by atoms with van der Waals surface area (Å²) in [4.78, 5) is 8.34. The highest BCUT2D eigenvalue weighted by Crippen LogP contribution is 2.38. The number of nitrogens with zero attached hydrogens (tertiary/aromatic N) is 3. The molecule has 0 bridgehead atoms. The third kappa shape index (κ3) is 3.37. The fourth-order valence-corrected chi connectivity index (χ4v) is 5.33. The van der Waals surface area contributed by atoms with Gasteiger partial charge in [-0.05, 0) is 35.7 Å². The Labute approximate surface area is 158 Å². The Morgan fingerprint density at radius 2 is 1.59 bits per heavy atom. The van der Waals surface area contributed by atoms with Crippen LogP contribution in [0.3, 0.4) is 0 Å². The molecule has 1 aliphatic heterocycles. The molecule has 0 aliphatic carbocycles. The van der Waals surface area contributed by atoms with E-state index in [1.54, 1.807) is 61.2 Å². The molecule has 0 unspecified atom stereocenters. The zero-order valence-corrected chi connectivity index (χ0v) is 15.3. The Balaban J connectivity index is 1.80. The van der Waals surface area contributed by atoms with Gasteiger partial charge in [0, 0.05) is 36.9 Å². The third-order valence-corrected chi connectivity index (χ3v) is 6.73. The van der Waals surface area contributed by atoms with Crippen LogP contribution in [0.5, 0.6) is 0 Å². The highest BCUT2D eigenvalue weighted by Gasteiger charge is 2.43. The number of hydrogen-bond acceptors (Lipinski definition) is 5. The van der Waals surface area contributed by atoms with E-state index in [9.17, 15) is 13.5 Å². The van der Waals surface area contributed by atoms with Crippen LogP contribution in [-0.4, -0.2) is 33.8 Å². The number of benzene rings is 1. The predicted molar refractivity (Wildman–Crippen MR) is 100 cm³/mol. The van der Waals surface area contributed by atoms with E-state index in [4.69, 9.17) is 0 Å². The van der Waals surface area contributed by atoms with Crippen LogP contribution >= 0.6 is 0 Å². The van der Waals surface area contributed by atoms with E-state index in [1.165, 1.54) is 4.31 Å². The summed E-state index contributed by atoms with van der Waals surface area (Å²) in [7, 11) is -3.76. The summed E-state index contributed by atoms with van der Waals surface area (Å²) >= 11 is 0. The number of pyridine rings is 2. The van der Waals surface area contributed by atoms with Crippen LogP contribution in [-0.2, 0) is 23.0 Å². The zero-order valence-electron chi connectivity index (χ0n) is 14.5. The maximum absolute atomic E-state index is 13.3. The van der Waals surface area contributed by atoms with Gasteiger partial charge in [-0.25, -0.2) is 8.42 Å². The van der Waals surface area contributed by atoms with Gasteiger partial charge in [0.1, 0.15) is 0 Å². The Morgan fingerprint density at radius 1 is 0.926 bits per heavy atom. The van der Waals surface area contributed by atoms with Crippen molar-refractivity contribution >= 4 is 10.0 Å². The van der Waals surface area contributed by atoms with Gasteiger partial charge >= 0.3 is 0 Å². The quantitative estimate of drug-likeness (QED) is 0.750. The highest BCUT2D eigenvalue weighted by molar-refractivity contribution is 7.89. The van der Waals surface area contributed by atoms with Crippen molar-refractivity contribution in [3.05, 3.63) is 90.0 Å². The Bertz CT molecular complexity index is 1030. The lowest BCUT2D eigenvalue weighted by Gasteiger charge is -2.39. The van der Waals surface area contributed by atoms with E-state index in [1.807, 2.05) is 12.1 Å². The van der Waals surface area contributed by atoms with Gasteiger partial charge in [0.25, 0.3) is 0 Å². The second-order valence-corrected chi connectivity index (χ2v) is 8.39. The first-order valence-electron chi connectivity index (χ1n) is 8.64. The molecule has 1 aromatic carbocycles. The fraction of sp³-hybridized carbons (Fsp3) is 0.200. The molecular formula is C20H19N3O3S.